The molecule has 0 saturated carbocycles. The van der Waals surface area contributed by atoms with Crippen LogP contribution >= 0.6 is 0 Å². The zero-order chi connectivity index (χ0) is 11.8. The van der Waals surface area contributed by atoms with Crippen molar-refractivity contribution >= 4 is 0 Å². The van der Waals surface area contributed by atoms with Crippen LogP contribution in [0.4, 0.5) is 17.6 Å². The van der Waals surface area contributed by atoms with Crippen LogP contribution < -0.4 is 0 Å². The van der Waals surface area contributed by atoms with Crippen molar-refractivity contribution in [3.8, 4) is 0 Å². The van der Waals surface area contributed by atoms with Gasteiger partial charge in [0.05, 0.1) is 18.6 Å². The van der Waals surface area contributed by atoms with Gasteiger partial charge < -0.3 is 4.74 Å². The molecule has 5 heteroatoms. The van der Waals surface area contributed by atoms with Gasteiger partial charge >= 0.3 is 6.18 Å². The molecular weight excluding hydrogens is 224 g/mol. The summed E-state index contributed by atoms with van der Waals surface area (Å²) in [4.78, 5) is 0. The molecule has 1 aromatic rings. The van der Waals surface area contributed by atoms with Gasteiger partial charge in [0, 0.05) is 5.56 Å². The minimum atomic E-state index is -4.26. The zero-order valence-electron chi connectivity index (χ0n) is 8.30. The van der Waals surface area contributed by atoms with Crippen LogP contribution in [0.5, 0.6) is 0 Å². The second-order valence-corrected chi connectivity index (χ2v) is 3.82. The summed E-state index contributed by atoms with van der Waals surface area (Å²) in [6.45, 7) is -0.386. The number of benzene rings is 1. The molecule has 0 radical (unpaired) electrons. The van der Waals surface area contributed by atoms with Crippen LogP contribution in [0.2, 0.25) is 0 Å². The van der Waals surface area contributed by atoms with Crippen LogP contribution in [-0.4, -0.2) is 12.8 Å². The maximum atomic E-state index is 13.3. The molecule has 0 N–H and O–H groups in total. The Labute approximate surface area is 90.0 Å². The van der Waals surface area contributed by atoms with E-state index in [4.69, 9.17) is 4.74 Å². The van der Waals surface area contributed by atoms with E-state index < -0.39 is 24.0 Å². The predicted octanol–water partition coefficient (Wildman–Crippen LogP) is 3.47. The second kappa shape index (κ2) is 4.05. The highest BCUT2D eigenvalue weighted by molar-refractivity contribution is 5.20. The van der Waals surface area contributed by atoms with E-state index in [1.165, 1.54) is 18.2 Å². The molecule has 1 saturated heterocycles. The number of hydrogen-bond donors (Lipinski definition) is 0. The van der Waals surface area contributed by atoms with Crippen molar-refractivity contribution in [2.75, 3.05) is 6.61 Å². The summed E-state index contributed by atoms with van der Waals surface area (Å²) in [5.41, 5.74) is 0.203. The summed E-state index contributed by atoms with van der Waals surface area (Å²) in [6, 6.07) is 5.76. The minimum absolute atomic E-state index is 0.203. The van der Waals surface area contributed by atoms with E-state index in [2.05, 4.69) is 0 Å². The molecular formula is C11H10F4O. The molecule has 1 aliphatic rings. The normalized spacial score (nSPS) is 26.0. The lowest BCUT2D eigenvalue weighted by atomic mass is 10.00. The highest BCUT2D eigenvalue weighted by Crippen LogP contribution is 2.41. The maximum absolute atomic E-state index is 13.3. The summed E-state index contributed by atoms with van der Waals surface area (Å²) in [5, 5.41) is 0. The summed E-state index contributed by atoms with van der Waals surface area (Å²) >= 11 is 0. The van der Waals surface area contributed by atoms with Crippen molar-refractivity contribution < 1.29 is 22.3 Å². The number of hydrogen-bond acceptors (Lipinski definition) is 1. The molecule has 0 bridgehead atoms. The Morgan fingerprint density at radius 2 is 1.88 bits per heavy atom. The van der Waals surface area contributed by atoms with Gasteiger partial charge in [0.1, 0.15) is 5.82 Å². The van der Waals surface area contributed by atoms with Gasteiger partial charge in [-0.25, -0.2) is 4.39 Å². The molecule has 1 fully saturated rings. The minimum Gasteiger partial charge on any atom is -0.373 e. The van der Waals surface area contributed by atoms with Crippen LogP contribution in [0, 0.1) is 11.7 Å². The summed E-state index contributed by atoms with van der Waals surface area (Å²) in [6.07, 6.45) is -5.25. The van der Waals surface area contributed by atoms with E-state index in [1.807, 2.05) is 0 Å². The van der Waals surface area contributed by atoms with Gasteiger partial charge in [-0.2, -0.15) is 13.2 Å². The topological polar surface area (TPSA) is 9.23 Å². The van der Waals surface area contributed by atoms with E-state index in [1.54, 1.807) is 6.07 Å². The molecule has 0 spiro atoms. The lowest BCUT2D eigenvalue weighted by Gasteiger charge is -2.13. The molecule has 0 aliphatic carbocycles. The number of rotatable bonds is 1. The van der Waals surface area contributed by atoms with E-state index >= 15 is 0 Å². The Kier molecular flexibility index (Phi) is 2.88. The Morgan fingerprint density at radius 3 is 2.44 bits per heavy atom. The Bertz CT molecular complexity index is 374. The molecule has 1 aliphatic heterocycles. The van der Waals surface area contributed by atoms with E-state index in [-0.39, 0.29) is 18.6 Å². The number of ether oxygens (including phenoxy) is 1. The van der Waals surface area contributed by atoms with Crippen molar-refractivity contribution in [1.29, 1.82) is 0 Å². The first-order valence-electron chi connectivity index (χ1n) is 4.91. The van der Waals surface area contributed by atoms with Crippen LogP contribution in [-0.2, 0) is 4.74 Å². The third kappa shape index (κ3) is 2.19. The quantitative estimate of drug-likeness (QED) is 0.676. The smallest absolute Gasteiger partial charge is 0.373 e. The van der Waals surface area contributed by atoms with Crippen molar-refractivity contribution in [1.82, 2.24) is 0 Å². The SMILES string of the molecule is Fc1ccccc1C1CC(C(F)(F)F)CO1. The lowest BCUT2D eigenvalue weighted by molar-refractivity contribution is -0.173. The highest BCUT2D eigenvalue weighted by atomic mass is 19.4. The van der Waals surface area contributed by atoms with Crippen molar-refractivity contribution in [3.63, 3.8) is 0 Å². The number of halogens is 4. The summed E-state index contributed by atoms with van der Waals surface area (Å²) < 4.78 is 55.4. The first-order valence-corrected chi connectivity index (χ1v) is 4.91. The molecule has 2 rings (SSSR count). The molecule has 2 unspecified atom stereocenters. The van der Waals surface area contributed by atoms with Gasteiger partial charge in [0.15, 0.2) is 0 Å². The first kappa shape index (κ1) is 11.4. The molecule has 0 amide bonds. The predicted molar refractivity (Wildman–Crippen MR) is 49.3 cm³/mol. The second-order valence-electron chi connectivity index (χ2n) is 3.82. The molecule has 16 heavy (non-hydrogen) atoms. The standard InChI is InChI=1S/C11H10F4O/c12-9-4-2-1-3-8(9)10-5-7(6-16-10)11(13,14)15/h1-4,7,10H,5-6H2. The third-order valence-electron chi connectivity index (χ3n) is 2.71. The molecule has 2 atom stereocenters. The third-order valence-corrected chi connectivity index (χ3v) is 2.71. The fourth-order valence-corrected chi connectivity index (χ4v) is 1.81. The first-order chi connectivity index (χ1) is 7.48. The summed E-state index contributed by atoms with van der Waals surface area (Å²) in [7, 11) is 0. The summed E-state index contributed by atoms with van der Waals surface area (Å²) in [5.74, 6) is -2.01. The van der Waals surface area contributed by atoms with Crippen molar-refractivity contribution in [3.05, 3.63) is 35.6 Å². The van der Waals surface area contributed by atoms with Gasteiger partial charge in [-0.1, -0.05) is 18.2 Å². The lowest BCUT2D eigenvalue weighted by Crippen LogP contribution is -2.22. The van der Waals surface area contributed by atoms with E-state index in [0.717, 1.165) is 0 Å². The average Bonchev–Trinajstić information content (AvgIpc) is 2.66. The van der Waals surface area contributed by atoms with Crippen molar-refractivity contribution in [2.24, 2.45) is 5.92 Å². The zero-order valence-corrected chi connectivity index (χ0v) is 8.30. The van der Waals surface area contributed by atoms with Gasteiger partial charge in [0.25, 0.3) is 0 Å². The van der Waals surface area contributed by atoms with E-state index in [0.29, 0.717) is 0 Å². The fourth-order valence-electron chi connectivity index (χ4n) is 1.81. The Hall–Kier alpha value is -1.10. The van der Waals surface area contributed by atoms with Gasteiger partial charge in [0.2, 0.25) is 0 Å². The van der Waals surface area contributed by atoms with Crippen LogP contribution in [0.15, 0.2) is 24.3 Å². The van der Waals surface area contributed by atoms with Crippen molar-refractivity contribution in [2.45, 2.75) is 18.7 Å². The van der Waals surface area contributed by atoms with Crippen LogP contribution in [0.3, 0.4) is 0 Å². The van der Waals surface area contributed by atoms with Crippen LogP contribution in [0.1, 0.15) is 18.1 Å². The maximum Gasteiger partial charge on any atom is 0.394 e. The number of alkyl halides is 3. The molecule has 88 valence electrons. The van der Waals surface area contributed by atoms with E-state index in [9.17, 15) is 17.6 Å². The highest BCUT2D eigenvalue weighted by Gasteiger charge is 2.45. The average molecular weight is 234 g/mol. The van der Waals surface area contributed by atoms with Crippen LogP contribution in [0.25, 0.3) is 0 Å². The molecule has 1 aromatic carbocycles. The largest absolute Gasteiger partial charge is 0.394 e. The van der Waals surface area contributed by atoms with Gasteiger partial charge in [-0.15, -0.1) is 0 Å². The molecule has 1 nitrogen and oxygen atoms in total. The van der Waals surface area contributed by atoms with Gasteiger partial charge in [-0.05, 0) is 12.5 Å². The Morgan fingerprint density at radius 1 is 1.19 bits per heavy atom. The molecule has 0 aromatic heterocycles. The monoisotopic (exact) mass is 234 g/mol. The fraction of sp³-hybridized carbons (Fsp3) is 0.455. The van der Waals surface area contributed by atoms with Gasteiger partial charge in [-0.3, -0.25) is 0 Å². The Balaban J connectivity index is 2.13. The molecule has 1 heterocycles.